The van der Waals surface area contributed by atoms with Crippen LogP contribution in [0.25, 0.3) is 0 Å². The third-order valence-electron chi connectivity index (χ3n) is 4.45. The Hall–Kier alpha value is -2.59. The lowest BCUT2D eigenvalue weighted by molar-refractivity contribution is 0.276. The van der Waals surface area contributed by atoms with Gasteiger partial charge in [0.05, 0.1) is 5.69 Å². The normalized spacial score (nSPS) is 12.0. The molecule has 0 aliphatic carbocycles. The van der Waals surface area contributed by atoms with E-state index >= 15 is 0 Å². The van der Waals surface area contributed by atoms with Crippen LogP contribution in [0.1, 0.15) is 12.0 Å². The van der Waals surface area contributed by atoms with Gasteiger partial charge in [0.1, 0.15) is 0 Å². The number of guanidine groups is 1. The molecule has 3 N–H and O–H groups in total. The number of anilines is 2. The molecule has 0 fully saturated rings. The maximum atomic E-state index is 5.33. The van der Waals surface area contributed by atoms with Crippen molar-refractivity contribution >= 4 is 32.3 Å². The zero-order valence-corrected chi connectivity index (χ0v) is 19.3. The van der Waals surface area contributed by atoms with E-state index in [4.69, 9.17) is 8.85 Å². The maximum Gasteiger partial charge on any atom is 0.320 e. The fourth-order valence-corrected chi connectivity index (χ4v) is 3.96. The van der Waals surface area contributed by atoms with Crippen molar-refractivity contribution in [3.05, 3.63) is 54.1 Å². The van der Waals surface area contributed by atoms with Gasteiger partial charge in [0, 0.05) is 46.2 Å². The van der Waals surface area contributed by atoms with Gasteiger partial charge in [-0.1, -0.05) is 12.1 Å². The van der Waals surface area contributed by atoms with Crippen molar-refractivity contribution in [2.24, 2.45) is 15.2 Å². The lowest BCUT2D eigenvalue weighted by atomic mass is 10.2. The number of hydrogen-bond acceptors (Lipinski definition) is 6. The van der Waals surface area contributed by atoms with Gasteiger partial charge < -0.3 is 24.8 Å². The van der Waals surface area contributed by atoms with Gasteiger partial charge in [-0.25, -0.2) is 0 Å². The topological polar surface area (TPSA) is 91.6 Å². The number of benzene rings is 2. The molecule has 162 valence electrons. The summed E-state index contributed by atoms with van der Waals surface area (Å²) in [4.78, 5) is 3.96. The predicted octanol–water partition coefficient (Wildman–Crippen LogP) is 3.71. The van der Waals surface area contributed by atoms with Gasteiger partial charge in [-0.15, -0.1) is 10.2 Å². The lowest BCUT2D eigenvalue weighted by Gasteiger charge is -2.11. The Balaban J connectivity index is 1.77. The van der Waals surface area contributed by atoms with Crippen molar-refractivity contribution in [2.45, 2.75) is 19.0 Å². The molecule has 2 aromatic carbocycles. The number of hydrogen-bond donors (Lipinski definition) is 3. The fourth-order valence-electron chi connectivity index (χ4n) is 2.75. The zero-order valence-electron chi connectivity index (χ0n) is 18.2. The molecule has 2 rings (SSSR count). The summed E-state index contributed by atoms with van der Waals surface area (Å²) >= 11 is 0. The lowest BCUT2D eigenvalue weighted by Crippen LogP contribution is -2.22. The number of nitrogens with one attached hydrogen (secondary N) is 3. The van der Waals surface area contributed by atoms with Crippen molar-refractivity contribution in [2.75, 3.05) is 40.2 Å². The summed E-state index contributed by atoms with van der Waals surface area (Å²) in [6.07, 6.45) is 1.06. The Morgan fingerprint density at radius 2 is 1.60 bits per heavy atom. The number of nitrogens with zero attached hydrogens (tertiary/aromatic N) is 3. The van der Waals surface area contributed by atoms with E-state index < -0.39 is 9.28 Å². The molecule has 2 aromatic rings. The van der Waals surface area contributed by atoms with Gasteiger partial charge in [0.25, 0.3) is 0 Å². The smallest absolute Gasteiger partial charge is 0.320 e. The average molecular weight is 429 g/mol. The molecule has 9 heteroatoms. The molecule has 0 saturated heterocycles. The van der Waals surface area contributed by atoms with Crippen molar-refractivity contribution in [1.82, 2.24) is 10.6 Å². The summed E-state index contributed by atoms with van der Waals surface area (Å²) in [5.74, 6) is 0.489. The Morgan fingerprint density at radius 1 is 0.967 bits per heavy atom. The van der Waals surface area contributed by atoms with E-state index in [-0.39, 0.29) is 0 Å². The SMILES string of the molecule is CN=C(N=Nc1ccc(Nc2ccc(CNCCC[SiH](OC)OC)cc2)cc1)NC. The average Bonchev–Trinajstić information content (AvgIpc) is 2.79. The van der Waals surface area contributed by atoms with E-state index in [2.05, 4.69) is 55.4 Å². The maximum absolute atomic E-state index is 5.33. The Kier molecular flexibility index (Phi) is 10.7. The van der Waals surface area contributed by atoms with Crippen LogP contribution in [0.15, 0.2) is 63.8 Å². The van der Waals surface area contributed by atoms with Crippen LogP contribution in [0.5, 0.6) is 0 Å². The predicted molar refractivity (Wildman–Crippen MR) is 125 cm³/mol. The highest BCUT2D eigenvalue weighted by Crippen LogP contribution is 2.21. The van der Waals surface area contributed by atoms with E-state index in [0.29, 0.717) is 5.96 Å². The summed E-state index contributed by atoms with van der Waals surface area (Å²) in [6.45, 7) is 1.81. The Bertz CT molecular complexity index is 792. The van der Waals surface area contributed by atoms with Crippen molar-refractivity contribution in [3.63, 3.8) is 0 Å². The highest BCUT2D eigenvalue weighted by Gasteiger charge is 2.07. The highest BCUT2D eigenvalue weighted by atomic mass is 28.3. The molecule has 0 atom stereocenters. The fraction of sp³-hybridized carbons (Fsp3) is 0.381. The van der Waals surface area contributed by atoms with Crippen LogP contribution in [0.3, 0.4) is 0 Å². The number of aliphatic imine (C=N–C) groups is 1. The summed E-state index contributed by atoms with van der Waals surface area (Å²) in [5.41, 5.74) is 4.05. The minimum atomic E-state index is -1.43. The summed E-state index contributed by atoms with van der Waals surface area (Å²) in [7, 11) is 5.45. The van der Waals surface area contributed by atoms with Gasteiger partial charge in [-0.3, -0.25) is 4.99 Å². The van der Waals surface area contributed by atoms with Crippen LogP contribution >= 0.6 is 0 Å². The first kappa shape index (κ1) is 23.7. The summed E-state index contributed by atoms with van der Waals surface area (Å²) in [6, 6.07) is 17.2. The van der Waals surface area contributed by atoms with Crippen LogP contribution in [-0.4, -0.2) is 50.1 Å². The second-order valence-electron chi connectivity index (χ2n) is 6.59. The van der Waals surface area contributed by atoms with E-state index in [1.807, 2.05) is 24.3 Å². The minimum absolute atomic E-state index is 0.489. The number of azo groups is 1. The van der Waals surface area contributed by atoms with Gasteiger partial charge >= 0.3 is 9.28 Å². The van der Waals surface area contributed by atoms with Gasteiger partial charge in [0.15, 0.2) is 0 Å². The van der Waals surface area contributed by atoms with E-state index in [1.165, 1.54) is 5.56 Å². The van der Waals surface area contributed by atoms with Gasteiger partial charge in [0.2, 0.25) is 5.96 Å². The molecule has 0 heterocycles. The van der Waals surface area contributed by atoms with Crippen LogP contribution in [0, 0.1) is 0 Å². The minimum Gasteiger partial charge on any atom is -0.400 e. The first-order valence-corrected chi connectivity index (χ1v) is 11.7. The van der Waals surface area contributed by atoms with E-state index in [9.17, 15) is 0 Å². The standard InChI is InChI=1S/C21H32N6O2Si/c1-22-21(23-2)27-26-20-12-10-19(11-13-20)25-18-8-6-17(7-9-18)16-24-14-5-15-30(28-3)29-4/h6-13,24-25,30H,5,14-16H2,1-4H3,(H,22,23). The molecule has 8 nitrogen and oxygen atoms in total. The Morgan fingerprint density at radius 3 is 2.17 bits per heavy atom. The molecule has 0 aliphatic heterocycles. The number of rotatable bonds is 11. The molecule has 0 saturated carbocycles. The molecule has 0 unspecified atom stereocenters. The van der Waals surface area contributed by atoms with Gasteiger partial charge in [-0.05, 0) is 61.0 Å². The van der Waals surface area contributed by atoms with Crippen LogP contribution in [-0.2, 0) is 15.4 Å². The second kappa shape index (κ2) is 13.6. The molecule has 0 aliphatic rings. The molecule has 0 amide bonds. The van der Waals surface area contributed by atoms with E-state index in [1.54, 1.807) is 28.3 Å². The largest absolute Gasteiger partial charge is 0.400 e. The molecule has 0 bridgehead atoms. The Labute approximate surface area is 180 Å². The first-order valence-electron chi connectivity index (χ1n) is 9.97. The third-order valence-corrected chi connectivity index (χ3v) is 6.39. The third kappa shape index (κ3) is 8.42. The van der Waals surface area contributed by atoms with Crippen LogP contribution in [0.4, 0.5) is 17.1 Å². The summed E-state index contributed by atoms with van der Waals surface area (Å²) < 4.78 is 10.7. The molecular weight excluding hydrogens is 396 g/mol. The molecule has 30 heavy (non-hydrogen) atoms. The first-order chi connectivity index (χ1) is 14.7. The molecule has 0 radical (unpaired) electrons. The molecule has 0 aromatic heterocycles. The van der Waals surface area contributed by atoms with Crippen molar-refractivity contribution in [3.8, 4) is 0 Å². The second-order valence-corrected chi connectivity index (χ2v) is 8.97. The van der Waals surface area contributed by atoms with Crippen molar-refractivity contribution < 1.29 is 8.85 Å². The zero-order chi connectivity index (χ0) is 21.6. The van der Waals surface area contributed by atoms with Gasteiger partial charge in [-0.2, -0.15) is 0 Å². The highest BCUT2D eigenvalue weighted by molar-refractivity contribution is 6.44. The van der Waals surface area contributed by atoms with Crippen molar-refractivity contribution in [1.29, 1.82) is 0 Å². The van der Waals surface area contributed by atoms with Crippen LogP contribution < -0.4 is 16.0 Å². The van der Waals surface area contributed by atoms with Crippen LogP contribution in [0.2, 0.25) is 6.04 Å². The van der Waals surface area contributed by atoms with E-state index in [0.717, 1.165) is 42.6 Å². The molecule has 0 spiro atoms. The monoisotopic (exact) mass is 428 g/mol. The quantitative estimate of drug-likeness (QED) is 0.167. The molecular formula is C21H32N6O2Si. The summed E-state index contributed by atoms with van der Waals surface area (Å²) in [5, 5.41) is 17.9.